The molecular formula is C66H68Cl2O8. The second-order valence-electron chi connectivity index (χ2n) is 19.3. The van der Waals surface area contributed by atoms with E-state index in [1.807, 2.05) is 24.3 Å². The first kappa shape index (κ1) is 56.7. The van der Waals surface area contributed by atoms with Crippen molar-refractivity contribution in [2.75, 3.05) is 0 Å². The topological polar surface area (TPSA) is 105 Å². The first-order chi connectivity index (χ1) is 37.1. The smallest absolute Gasteiger partial charge is 0.343 e. The van der Waals surface area contributed by atoms with Crippen LogP contribution in [-0.2, 0) is 12.8 Å². The molecule has 0 aliphatic heterocycles. The fourth-order valence-corrected chi connectivity index (χ4v) is 9.36. The monoisotopic (exact) mass is 1060 g/mol. The molecule has 0 heterocycles. The van der Waals surface area contributed by atoms with Crippen molar-refractivity contribution < 1.29 is 38.1 Å². The maximum atomic E-state index is 13.2. The summed E-state index contributed by atoms with van der Waals surface area (Å²) in [5.74, 6) is -2.36. The van der Waals surface area contributed by atoms with Gasteiger partial charge >= 0.3 is 23.9 Å². The lowest BCUT2D eigenvalue weighted by Crippen LogP contribution is -2.12. The SMILES string of the molecule is CCCCCCCCCCc1ccc(-c2ccc(C(=O)Oc3ccc(C(=O)Oc4cccc(OC(=O)c5ccc(OC(=O)c6ccc(-c7ccc(CCCCCCCCCC)cc7)cc6)c(Cl)c5)c4)cc3Cl)cc2)cc1. The Balaban J connectivity index is 0.842. The first-order valence-corrected chi connectivity index (χ1v) is 27.8. The number of hydrogen-bond acceptors (Lipinski definition) is 8. The number of halogens is 2. The molecular weight excluding hydrogens is 992 g/mol. The van der Waals surface area contributed by atoms with Gasteiger partial charge in [-0.3, -0.25) is 0 Å². The van der Waals surface area contributed by atoms with Crippen molar-refractivity contribution in [1.29, 1.82) is 0 Å². The quantitative estimate of drug-likeness (QED) is 0.0271. The van der Waals surface area contributed by atoms with E-state index in [-0.39, 0.29) is 44.2 Å². The number of esters is 4. The number of carbonyl (C=O) groups is 4. The zero-order chi connectivity index (χ0) is 53.5. The van der Waals surface area contributed by atoms with Crippen LogP contribution >= 0.6 is 23.2 Å². The number of carbonyl (C=O) groups excluding carboxylic acids is 4. The standard InChI is InChI=1S/C66H68Cl2O8/c1-3-5-7-9-11-13-15-17-20-47-24-28-49(29-25-47)51-32-36-53(37-33-51)63(69)75-61-42-40-55(44-59(61)67)65(71)73-57-22-19-23-58(46-57)74-66(72)56-41-43-62(60(68)45-56)76-64(70)54-38-34-52(35-39-54)50-30-26-48(27-31-50)21-18-16-14-12-10-8-6-4-2/h19,22-46H,3-18,20-21H2,1-2H3. The summed E-state index contributed by atoms with van der Waals surface area (Å²) < 4.78 is 22.3. The second-order valence-corrected chi connectivity index (χ2v) is 20.1. The van der Waals surface area contributed by atoms with E-state index < -0.39 is 23.9 Å². The number of ether oxygens (including phenoxy) is 4. The van der Waals surface area contributed by atoms with Gasteiger partial charge in [0.2, 0.25) is 0 Å². The van der Waals surface area contributed by atoms with Crippen LogP contribution in [0, 0.1) is 0 Å². The largest absolute Gasteiger partial charge is 0.423 e. The summed E-state index contributed by atoms with van der Waals surface area (Å²) in [6.45, 7) is 4.50. The Morgan fingerprint density at radius 3 is 0.974 bits per heavy atom. The van der Waals surface area contributed by atoms with Gasteiger partial charge in [-0.2, -0.15) is 0 Å². The molecule has 0 spiro atoms. The van der Waals surface area contributed by atoms with Crippen LogP contribution in [0.25, 0.3) is 22.3 Å². The van der Waals surface area contributed by atoms with Gasteiger partial charge in [-0.05, 0) is 132 Å². The Hall–Kier alpha value is -7.00. The molecule has 0 saturated carbocycles. The number of benzene rings is 7. The zero-order valence-electron chi connectivity index (χ0n) is 43.8. The van der Waals surface area contributed by atoms with Crippen molar-refractivity contribution in [1.82, 2.24) is 0 Å². The fourth-order valence-electron chi connectivity index (χ4n) is 8.92. The van der Waals surface area contributed by atoms with E-state index in [1.54, 1.807) is 30.3 Å². The number of unbranched alkanes of at least 4 members (excludes halogenated alkanes) is 14. The zero-order valence-corrected chi connectivity index (χ0v) is 45.3. The molecule has 0 aliphatic rings. The summed E-state index contributed by atoms with van der Waals surface area (Å²) in [6, 6.07) is 45.9. The van der Waals surface area contributed by atoms with Gasteiger partial charge in [0, 0.05) is 6.07 Å². The Kier molecular flexibility index (Phi) is 22.3. The number of rotatable bonds is 28. The summed E-state index contributed by atoms with van der Waals surface area (Å²) in [5.41, 5.74) is 7.61. The van der Waals surface area contributed by atoms with Gasteiger partial charge in [0.05, 0.1) is 32.3 Å². The first-order valence-electron chi connectivity index (χ1n) is 27.0. The minimum atomic E-state index is -0.748. The molecule has 0 bridgehead atoms. The van der Waals surface area contributed by atoms with Crippen molar-refractivity contribution >= 4 is 47.1 Å². The van der Waals surface area contributed by atoms with Gasteiger partial charge in [-0.15, -0.1) is 0 Å². The maximum absolute atomic E-state index is 13.2. The van der Waals surface area contributed by atoms with Gasteiger partial charge < -0.3 is 18.9 Å². The lowest BCUT2D eigenvalue weighted by atomic mass is 10.00. The predicted octanol–water partition coefficient (Wildman–Crippen LogP) is 18.6. The lowest BCUT2D eigenvalue weighted by Gasteiger charge is -2.11. The summed E-state index contributed by atoms with van der Waals surface area (Å²) >= 11 is 13.0. The van der Waals surface area contributed by atoms with Crippen molar-refractivity contribution in [3.63, 3.8) is 0 Å². The Bertz CT molecular complexity index is 2780. The molecule has 7 rings (SSSR count). The highest BCUT2D eigenvalue weighted by atomic mass is 35.5. The minimum absolute atomic E-state index is 0.0309. The molecule has 8 nitrogen and oxygen atoms in total. The third-order valence-electron chi connectivity index (χ3n) is 13.4. The van der Waals surface area contributed by atoms with Gasteiger partial charge in [-0.1, -0.05) is 206 Å². The van der Waals surface area contributed by atoms with Crippen molar-refractivity contribution in [2.24, 2.45) is 0 Å². The van der Waals surface area contributed by atoms with Crippen molar-refractivity contribution in [3.8, 4) is 45.3 Å². The molecule has 0 aliphatic carbocycles. The molecule has 0 fully saturated rings. The van der Waals surface area contributed by atoms with Crippen LogP contribution < -0.4 is 18.9 Å². The van der Waals surface area contributed by atoms with Gasteiger partial charge in [0.1, 0.15) is 23.0 Å². The molecule has 394 valence electrons. The average molecular weight is 1060 g/mol. The van der Waals surface area contributed by atoms with Gasteiger partial charge in [0.25, 0.3) is 0 Å². The molecule has 0 unspecified atom stereocenters. The van der Waals surface area contributed by atoms with E-state index in [0.717, 1.165) is 35.1 Å². The highest BCUT2D eigenvalue weighted by Crippen LogP contribution is 2.31. The van der Waals surface area contributed by atoms with E-state index in [4.69, 9.17) is 42.1 Å². The van der Waals surface area contributed by atoms with Crippen LogP contribution in [-0.4, -0.2) is 23.9 Å². The van der Waals surface area contributed by atoms with Gasteiger partial charge in [0.15, 0.2) is 0 Å². The maximum Gasteiger partial charge on any atom is 0.343 e. The van der Waals surface area contributed by atoms with E-state index >= 15 is 0 Å². The van der Waals surface area contributed by atoms with Crippen molar-refractivity contribution in [2.45, 2.75) is 129 Å². The summed E-state index contributed by atoms with van der Waals surface area (Å²) in [4.78, 5) is 52.6. The van der Waals surface area contributed by atoms with Crippen LogP contribution in [0.3, 0.4) is 0 Å². The average Bonchev–Trinajstić information content (AvgIpc) is 3.44. The fraction of sp³-hybridized carbons (Fsp3) is 0.303. The van der Waals surface area contributed by atoms with E-state index in [1.165, 1.54) is 168 Å². The molecule has 7 aromatic carbocycles. The van der Waals surface area contributed by atoms with Crippen molar-refractivity contribution in [3.05, 3.63) is 201 Å². The molecule has 0 aromatic heterocycles. The molecule has 7 aromatic rings. The molecule has 0 radical (unpaired) electrons. The highest BCUT2D eigenvalue weighted by molar-refractivity contribution is 6.33. The van der Waals surface area contributed by atoms with Crippen LogP contribution in [0.15, 0.2) is 158 Å². The number of aryl methyl sites for hydroxylation is 2. The lowest BCUT2D eigenvalue weighted by molar-refractivity contribution is 0.0723. The highest BCUT2D eigenvalue weighted by Gasteiger charge is 2.19. The summed E-state index contributed by atoms with van der Waals surface area (Å²) in [6.07, 6.45) is 22.9. The third-order valence-corrected chi connectivity index (χ3v) is 14.0. The van der Waals surface area contributed by atoms with Crippen LogP contribution in [0.4, 0.5) is 0 Å². The van der Waals surface area contributed by atoms with Crippen LogP contribution in [0.2, 0.25) is 10.0 Å². The third kappa shape index (κ3) is 17.5. The molecule has 0 saturated heterocycles. The Morgan fingerprint density at radius 1 is 0.329 bits per heavy atom. The Morgan fingerprint density at radius 2 is 0.632 bits per heavy atom. The van der Waals surface area contributed by atoms with E-state index in [9.17, 15) is 19.2 Å². The van der Waals surface area contributed by atoms with E-state index in [2.05, 4.69) is 62.4 Å². The molecule has 0 N–H and O–H groups in total. The molecule has 76 heavy (non-hydrogen) atoms. The summed E-state index contributed by atoms with van der Waals surface area (Å²) in [5, 5.41) is 0.0618. The van der Waals surface area contributed by atoms with Gasteiger partial charge in [-0.25, -0.2) is 19.2 Å². The molecule has 10 heteroatoms. The Labute approximate surface area is 458 Å². The van der Waals surface area contributed by atoms with Crippen LogP contribution in [0.1, 0.15) is 169 Å². The molecule has 0 atom stereocenters. The number of hydrogen-bond donors (Lipinski definition) is 0. The summed E-state index contributed by atoms with van der Waals surface area (Å²) in [7, 11) is 0. The normalized spacial score (nSPS) is 11.0. The molecule has 0 amide bonds. The van der Waals surface area contributed by atoms with E-state index in [0.29, 0.717) is 11.1 Å². The van der Waals surface area contributed by atoms with Crippen LogP contribution in [0.5, 0.6) is 23.0 Å². The minimum Gasteiger partial charge on any atom is -0.423 e. The predicted molar refractivity (Wildman–Crippen MR) is 306 cm³/mol. The second kappa shape index (κ2) is 29.9.